The zero-order valence-corrected chi connectivity index (χ0v) is 19.7. The fourth-order valence-electron chi connectivity index (χ4n) is 7.48. The van der Waals surface area contributed by atoms with Crippen molar-refractivity contribution in [2.75, 3.05) is 11.4 Å². The monoisotopic (exact) mass is 492 g/mol. The van der Waals surface area contributed by atoms with E-state index in [1.54, 1.807) is 22.8 Å². The number of hydrogen-bond acceptors (Lipinski definition) is 5. The van der Waals surface area contributed by atoms with Gasteiger partial charge >= 0.3 is 0 Å². The van der Waals surface area contributed by atoms with Gasteiger partial charge in [0.15, 0.2) is 0 Å². The first kappa shape index (κ1) is 21.0. The summed E-state index contributed by atoms with van der Waals surface area (Å²) in [7, 11) is 0. The first-order chi connectivity index (χ1) is 18.0. The van der Waals surface area contributed by atoms with Crippen LogP contribution in [0.1, 0.15) is 24.2 Å². The molecule has 0 unspecified atom stereocenters. The average Bonchev–Trinajstić information content (AvgIpc) is 3.62. The van der Waals surface area contributed by atoms with Crippen LogP contribution in [-0.4, -0.2) is 38.9 Å². The summed E-state index contributed by atoms with van der Waals surface area (Å²) in [5.74, 6) is -2.46. The van der Waals surface area contributed by atoms with Gasteiger partial charge in [-0.2, -0.15) is 0 Å². The first-order valence-corrected chi connectivity index (χ1v) is 12.6. The average molecular weight is 493 g/mol. The van der Waals surface area contributed by atoms with Gasteiger partial charge in [0.2, 0.25) is 11.8 Å². The van der Waals surface area contributed by atoms with Gasteiger partial charge in [-0.25, -0.2) is 14.3 Å². The fourth-order valence-corrected chi connectivity index (χ4v) is 7.48. The lowest BCUT2D eigenvalue weighted by molar-refractivity contribution is -0.124. The topological polar surface area (TPSA) is 75.5 Å². The number of carbonyl (C=O) groups is 2. The highest BCUT2D eigenvalue weighted by Crippen LogP contribution is 2.62. The number of imide groups is 1. The highest BCUT2D eigenvalue weighted by Gasteiger charge is 2.73. The summed E-state index contributed by atoms with van der Waals surface area (Å²) < 4.78 is 16.5. The molecule has 1 aromatic heterocycles. The summed E-state index contributed by atoms with van der Waals surface area (Å²) in [5, 5.41) is 0.493. The molecule has 0 radical (unpaired) electrons. The number of rotatable bonds is 1. The zero-order chi connectivity index (χ0) is 25.1. The largest absolute Gasteiger partial charge is 0.283 e. The van der Waals surface area contributed by atoms with Crippen LogP contribution in [0, 0.1) is 17.7 Å². The minimum absolute atomic E-state index is 0.0262. The van der Waals surface area contributed by atoms with Gasteiger partial charge in [-0.3, -0.25) is 23.9 Å². The number of hydrogen-bond donors (Lipinski definition) is 0. The molecule has 1 spiro atoms. The predicted molar refractivity (Wildman–Crippen MR) is 134 cm³/mol. The van der Waals surface area contributed by atoms with Crippen LogP contribution in [0.2, 0.25) is 0 Å². The third kappa shape index (κ3) is 2.31. The fraction of sp³-hybridized carbons (Fsp3) is 0.241. The number of benzene rings is 3. The molecule has 0 aliphatic carbocycles. The Balaban J connectivity index is 1.46. The quantitative estimate of drug-likeness (QED) is 0.381. The van der Waals surface area contributed by atoms with Crippen molar-refractivity contribution in [2.45, 2.75) is 24.4 Å². The van der Waals surface area contributed by atoms with E-state index in [1.807, 2.05) is 36.4 Å². The third-order valence-electron chi connectivity index (χ3n) is 8.73. The van der Waals surface area contributed by atoms with Crippen molar-refractivity contribution >= 4 is 28.4 Å². The predicted octanol–water partition coefficient (Wildman–Crippen LogP) is 3.37. The summed E-state index contributed by atoms with van der Waals surface area (Å²) in [6.07, 6.45) is 1.60. The summed E-state index contributed by atoms with van der Waals surface area (Å²) in [4.78, 5) is 50.4. The van der Waals surface area contributed by atoms with Crippen molar-refractivity contribution in [1.82, 2.24) is 14.5 Å². The number of nitrogens with zero attached hydrogens (tertiary/aromatic N) is 4. The molecule has 182 valence electrons. The number of halogens is 1. The number of para-hydroxylation sites is 3. The summed E-state index contributed by atoms with van der Waals surface area (Å²) in [6, 6.07) is 20.5. The molecule has 3 aromatic carbocycles. The van der Waals surface area contributed by atoms with Gasteiger partial charge in [0.1, 0.15) is 17.2 Å². The van der Waals surface area contributed by atoms with E-state index in [4.69, 9.17) is 4.98 Å². The van der Waals surface area contributed by atoms with Crippen molar-refractivity contribution in [3.63, 3.8) is 0 Å². The standard InChI is InChI=1S/C29H21FN4O3/c30-18-10-3-6-13-21(18)33-26(36)23-22-14-7-15-32(22)29(24(23)27(33)37)17-9-2-5-12-20(17)34-25(35)16-8-1-4-11-19(16)31-28(29)34/h1-6,8-13,22-24H,7,14-15H2/t22-,23+,24+,29-/m0/s1. The SMILES string of the molecule is O=C1[C@@H]2[C@@H]3CCCN3[C@@]3(c4ccccc4-n4c3nc3ccccc3c4=O)[C@H]2C(=O)N1c1ccccc1F. The maximum Gasteiger partial charge on any atom is 0.266 e. The maximum atomic E-state index is 14.9. The molecular weight excluding hydrogens is 471 g/mol. The number of amides is 2. The van der Waals surface area contributed by atoms with Crippen LogP contribution in [0.25, 0.3) is 16.6 Å². The Hall–Kier alpha value is -4.17. The van der Waals surface area contributed by atoms with E-state index in [0.29, 0.717) is 29.0 Å². The van der Waals surface area contributed by atoms with E-state index in [9.17, 15) is 18.8 Å². The van der Waals surface area contributed by atoms with Crippen molar-refractivity contribution in [1.29, 1.82) is 0 Å². The van der Waals surface area contributed by atoms with E-state index in [-0.39, 0.29) is 23.2 Å². The molecule has 0 bridgehead atoms. The second kappa shape index (κ2) is 6.98. The van der Waals surface area contributed by atoms with E-state index in [1.165, 1.54) is 18.2 Å². The smallest absolute Gasteiger partial charge is 0.266 e. The second-order valence-electron chi connectivity index (χ2n) is 10.2. The Labute approximate surface area is 210 Å². The van der Waals surface area contributed by atoms with Gasteiger partial charge < -0.3 is 0 Å². The Bertz CT molecular complexity index is 1750. The van der Waals surface area contributed by atoms with Gasteiger partial charge in [0, 0.05) is 11.6 Å². The van der Waals surface area contributed by atoms with Crippen molar-refractivity contribution in [3.05, 3.63) is 100 Å². The zero-order valence-electron chi connectivity index (χ0n) is 19.7. The Morgan fingerprint density at radius 2 is 1.59 bits per heavy atom. The molecule has 8 heteroatoms. The lowest BCUT2D eigenvalue weighted by Crippen LogP contribution is -2.51. The Kier molecular flexibility index (Phi) is 3.96. The van der Waals surface area contributed by atoms with Crippen LogP contribution in [0.4, 0.5) is 10.1 Å². The summed E-state index contributed by atoms with van der Waals surface area (Å²) >= 11 is 0. The van der Waals surface area contributed by atoms with E-state index < -0.39 is 29.1 Å². The van der Waals surface area contributed by atoms with Crippen molar-refractivity contribution in [2.24, 2.45) is 11.8 Å². The van der Waals surface area contributed by atoms with Gasteiger partial charge in [-0.1, -0.05) is 42.5 Å². The van der Waals surface area contributed by atoms with E-state index in [0.717, 1.165) is 23.3 Å². The van der Waals surface area contributed by atoms with Gasteiger partial charge in [0.25, 0.3) is 5.56 Å². The van der Waals surface area contributed by atoms with Crippen LogP contribution in [-0.2, 0) is 15.1 Å². The molecule has 4 aromatic rings. The van der Waals surface area contributed by atoms with E-state index >= 15 is 0 Å². The lowest BCUT2D eigenvalue weighted by Gasteiger charge is -2.38. The first-order valence-electron chi connectivity index (χ1n) is 12.6. The van der Waals surface area contributed by atoms with Gasteiger partial charge in [0.05, 0.1) is 34.1 Å². The molecule has 0 saturated carbocycles. The molecule has 2 amide bonds. The molecule has 5 heterocycles. The lowest BCUT2D eigenvalue weighted by atomic mass is 9.75. The molecule has 7 nitrogen and oxygen atoms in total. The van der Waals surface area contributed by atoms with Crippen LogP contribution < -0.4 is 10.5 Å². The molecule has 3 fully saturated rings. The molecule has 4 aliphatic heterocycles. The van der Waals surface area contributed by atoms with E-state index in [2.05, 4.69) is 4.90 Å². The maximum absolute atomic E-state index is 14.9. The summed E-state index contributed by atoms with van der Waals surface area (Å²) in [6.45, 7) is 0.676. The highest BCUT2D eigenvalue weighted by molar-refractivity contribution is 6.23. The molecule has 37 heavy (non-hydrogen) atoms. The molecule has 4 aliphatic rings. The van der Waals surface area contributed by atoms with Crippen LogP contribution >= 0.6 is 0 Å². The van der Waals surface area contributed by atoms with Gasteiger partial charge in [-0.05, 0) is 49.7 Å². The van der Waals surface area contributed by atoms with Crippen LogP contribution in [0.5, 0.6) is 0 Å². The molecule has 8 rings (SSSR count). The number of aromatic nitrogens is 2. The minimum Gasteiger partial charge on any atom is -0.283 e. The Morgan fingerprint density at radius 3 is 2.43 bits per heavy atom. The number of carbonyl (C=O) groups excluding carboxylic acids is 2. The molecule has 4 atom stereocenters. The Morgan fingerprint density at radius 1 is 0.865 bits per heavy atom. The van der Waals surface area contributed by atoms with Crippen molar-refractivity contribution < 1.29 is 14.0 Å². The minimum atomic E-state index is -1.10. The second-order valence-corrected chi connectivity index (χ2v) is 10.2. The summed E-state index contributed by atoms with van der Waals surface area (Å²) in [5.41, 5.74) is 0.696. The van der Waals surface area contributed by atoms with Crippen LogP contribution in [0.3, 0.4) is 0 Å². The molecule has 0 N–H and O–H groups in total. The normalized spacial score (nSPS) is 27.7. The molecular formula is C29H21FN4O3. The van der Waals surface area contributed by atoms with Crippen LogP contribution in [0.15, 0.2) is 77.6 Å². The molecule has 3 saturated heterocycles. The third-order valence-corrected chi connectivity index (χ3v) is 8.73. The number of fused-ring (bicyclic) bond motifs is 11. The highest BCUT2D eigenvalue weighted by atomic mass is 19.1. The van der Waals surface area contributed by atoms with Crippen molar-refractivity contribution in [3.8, 4) is 5.69 Å². The van der Waals surface area contributed by atoms with Gasteiger partial charge in [-0.15, -0.1) is 0 Å². The number of anilines is 1.